The summed E-state index contributed by atoms with van der Waals surface area (Å²) < 4.78 is 26.0. The number of phenols is 1. The summed E-state index contributed by atoms with van der Waals surface area (Å²) in [7, 11) is 3.05. The minimum absolute atomic E-state index is 0.0341. The number of H-pyrrole nitrogens is 1. The number of nitrogens with zero attached hydrogens (tertiary/aromatic N) is 3. The lowest BCUT2D eigenvalue weighted by atomic mass is 9.81. The normalized spacial score (nSPS) is 20.9. The molecular formula is C28H33FN4O5. The van der Waals surface area contributed by atoms with E-state index < -0.39 is 23.4 Å². The summed E-state index contributed by atoms with van der Waals surface area (Å²) in [6.45, 7) is 6.49. The van der Waals surface area contributed by atoms with Gasteiger partial charge in [-0.15, -0.1) is 0 Å². The molecule has 0 spiro atoms. The molecule has 2 N–H and O–H groups in total. The molecule has 0 aliphatic carbocycles. The Labute approximate surface area is 220 Å². The predicted octanol–water partition coefficient (Wildman–Crippen LogP) is 3.66. The largest absolute Gasteiger partial charge is 0.508 e. The first-order valence-electron chi connectivity index (χ1n) is 12.8. The van der Waals surface area contributed by atoms with Crippen molar-refractivity contribution < 1.29 is 28.6 Å². The molecule has 5 rings (SSSR count). The molecule has 0 bridgehead atoms. The Kier molecular flexibility index (Phi) is 6.79. The van der Waals surface area contributed by atoms with Crippen LogP contribution >= 0.6 is 0 Å². The van der Waals surface area contributed by atoms with Crippen molar-refractivity contribution in [1.82, 2.24) is 19.7 Å². The quantitative estimate of drug-likeness (QED) is 0.415. The number of carbonyl (C=O) groups excluding carboxylic acids is 2. The summed E-state index contributed by atoms with van der Waals surface area (Å²) in [6, 6.07) is 8.76. The van der Waals surface area contributed by atoms with Crippen LogP contribution in [0.4, 0.5) is 9.18 Å². The van der Waals surface area contributed by atoms with Crippen molar-refractivity contribution in [2.75, 3.05) is 47.0 Å². The highest BCUT2D eigenvalue weighted by atomic mass is 19.1. The fraction of sp³-hybridized carbons (Fsp3) is 0.429. The molecule has 0 saturated carbocycles. The molecule has 2 aliphatic heterocycles. The molecule has 2 aliphatic rings. The van der Waals surface area contributed by atoms with Crippen molar-refractivity contribution in [1.29, 1.82) is 0 Å². The number of amides is 3. The molecule has 2 aromatic carbocycles. The van der Waals surface area contributed by atoms with Gasteiger partial charge in [-0.25, -0.2) is 9.18 Å². The smallest absolute Gasteiger partial charge is 0.328 e. The Hall–Kier alpha value is -3.63. The maximum atomic E-state index is 15.6. The lowest BCUT2D eigenvalue weighted by Gasteiger charge is -2.42. The fourth-order valence-electron chi connectivity index (χ4n) is 5.83. The number of ether oxygens (including phenoxy) is 2. The first-order chi connectivity index (χ1) is 18.2. The van der Waals surface area contributed by atoms with Crippen LogP contribution < -0.4 is 4.74 Å². The monoisotopic (exact) mass is 524 g/mol. The van der Waals surface area contributed by atoms with E-state index in [0.717, 1.165) is 6.54 Å². The van der Waals surface area contributed by atoms with Gasteiger partial charge in [-0.2, -0.15) is 0 Å². The number of aromatic nitrogens is 1. The second-order valence-corrected chi connectivity index (χ2v) is 10.0. The third-order valence-corrected chi connectivity index (χ3v) is 7.83. The van der Waals surface area contributed by atoms with Crippen LogP contribution in [0.15, 0.2) is 36.4 Å². The molecule has 3 aromatic rings. The number of aromatic hydroxyl groups is 1. The highest BCUT2D eigenvalue weighted by molar-refractivity contribution is 6.08. The van der Waals surface area contributed by atoms with Crippen LogP contribution in [-0.2, 0) is 16.0 Å². The lowest BCUT2D eigenvalue weighted by molar-refractivity contribution is -0.133. The van der Waals surface area contributed by atoms with Crippen molar-refractivity contribution in [3.8, 4) is 11.5 Å². The Bertz CT molecular complexity index is 1390. The Balaban J connectivity index is 1.62. The van der Waals surface area contributed by atoms with Gasteiger partial charge in [-0.05, 0) is 48.9 Å². The fourth-order valence-corrected chi connectivity index (χ4v) is 5.83. The van der Waals surface area contributed by atoms with Crippen molar-refractivity contribution in [3.05, 3.63) is 59.0 Å². The molecule has 0 unspecified atom stereocenters. The summed E-state index contributed by atoms with van der Waals surface area (Å²) in [5, 5.41) is 10.6. The average molecular weight is 525 g/mol. The topological polar surface area (TPSA) is 98.3 Å². The van der Waals surface area contributed by atoms with Gasteiger partial charge in [0.05, 0.1) is 13.7 Å². The minimum atomic E-state index is -1.24. The van der Waals surface area contributed by atoms with Gasteiger partial charge in [0.1, 0.15) is 17.3 Å². The van der Waals surface area contributed by atoms with Crippen molar-refractivity contribution >= 4 is 22.8 Å². The Morgan fingerprint density at radius 3 is 2.68 bits per heavy atom. The number of rotatable bonds is 9. The SMILES string of the molecule is CCN(CCOC)CCN1C(=O)N2[C@H](c3cccc(O)c3)c3[nH]c4ccc(OC)c(F)c4c3C[C@@]2(C)C1=O. The minimum Gasteiger partial charge on any atom is -0.508 e. The molecule has 1 aromatic heterocycles. The summed E-state index contributed by atoms with van der Waals surface area (Å²) in [5.74, 6) is -0.697. The van der Waals surface area contributed by atoms with E-state index >= 15 is 4.39 Å². The summed E-state index contributed by atoms with van der Waals surface area (Å²) in [6.07, 6.45) is 0.143. The second kappa shape index (κ2) is 9.92. The number of imide groups is 1. The number of likely N-dealkylation sites (N-methyl/N-ethyl adjacent to an activating group) is 1. The number of phenolic OH excluding ortho intramolecular Hbond substituents is 1. The highest BCUT2D eigenvalue weighted by Crippen LogP contribution is 2.49. The van der Waals surface area contributed by atoms with E-state index in [0.29, 0.717) is 47.4 Å². The van der Waals surface area contributed by atoms with E-state index in [9.17, 15) is 14.7 Å². The van der Waals surface area contributed by atoms with Crippen LogP contribution in [0.5, 0.6) is 11.5 Å². The molecule has 1 fully saturated rings. The van der Waals surface area contributed by atoms with Crippen molar-refractivity contribution in [2.45, 2.75) is 31.8 Å². The summed E-state index contributed by atoms with van der Waals surface area (Å²) >= 11 is 0. The molecule has 38 heavy (non-hydrogen) atoms. The van der Waals surface area contributed by atoms with Crippen LogP contribution in [0.1, 0.15) is 36.7 Å². The van der Waals surface area contributed by atoms with Crippen LogP contribution in [0, 0.1) is 5.82 Å². The maximum absolute atomic E-state index is 15.6. The van der Waals surface area contributed by atoms with Gasteiger partial charge >= 0.3 is 6.03 Å². The van der Waals surface area contributed by atoms with Gasteiger partial charge in [0, 0.05) is 49.8 Å². The second-order valence-electron chi connectivity index (χ2n) is 10.0. The van der Waals surface area contributed by atoms with E-state index in [1.807, 2.05) is 6.92 Å². The molecule has 10 heteroatoms. The van der Waals surface area contributed by atoms with Crippen molar-refractivity contribution in [3.63, 3.8) is 0 Å². The number of halogens is 1. The van der Waals surface area contributed by atoms with E-state index in [1.54, 1.807) is 55.3 Å². The Morgan fingerprint density at radius 1 is 1.21 bits per heavy atom. The molecule has 0 radical (unpaired) electrons. The standard InChI is InChI=1S/C28H33FN4O5/c1-5-31(13-14-37-3)11-12-32-26(35)28(2)16-19-22-20(9-10-21(38-4)23(22)29)30-24(19)25(33(28)27(32)36)17-7-6-8-18(34)15-17/h6-10,15,25,30,34H,5,11-14,16H2,1-4H3/t25-,28+/m1/s1. The van der Waals surface area contributed by atoms with Gasteiger partial charge in [-0.1, -0.05) is 19.1 Å². The van der Waals surface area contributed by atoms with Crippen LogP contribution in [0.3, 0.4) is 0 Å². The highest BCUT2D eigenvalue weighted by Gasteiger charge is 2.60. The van der Waals surface area contributed by atoms with Gasteiger partial charge in [0.25, 0.3) is 5.91 Å². The molecule has 1 saturated heterocycles. The number of urea groups is 1. The van der Waals surface area contributed by atoms with Gasteiger partial charge in [-0.3, -0.25) is 19.5 Å². The predicted molar refractivity (Wildman–Crippen MR) is 140 cm³/mol. The summed E-state index contributed by atoms with van der Waals surface area (Å²) in [4.78, 5) is 36.2. The number of benzene rings is 2. The third-order valence-electron chi connectivity index (χ3n) is 7.83. The zero-order valence-electron chi connectivity index (χ0n) is 22.1. The number of hydrogen-bond donors (Lipinski definition) is 2. The van der Waals surface area contributed by atoms with Gasteiger partial charge < -0.3 is 19.6 Å². The number of hydrogen-bond acceptors (Lipinski definition) is 6. The molecule has 202 valence electrons. The van der Waals surface area contributed by atoms with E-state index in [4.69, 9.17) is 9.47 Å². The number of methoxy groups -OCH3 is 2. The number of carbonyl (C=O) groups is 2. The van der Waals surface area contributed by atoms with Crippen LogP contribution in [0.2, 0.25) is 0 Å². The summed E-state index contributed by atoms with van der Waals surface area (Å²) in [5.41, 5.74) is 1.18. The number of aromatic amines is 1. The average Bonchev–Trinajstić information content (AvgIpc) is 3.35. The third kappa shape index (κ3) is 3.99. The van der Waals surface area contributed by atoms with Crippen LogP contribution in [-0.4, -0.2) is 89.3 Å². The molecule has 3 heterocycles. The number of fused-ring (bicyclic) bond motifs is 4. The van der Waals surface area contributed by atoms with Gasteiger partial charge in [0.15, 0.2) is 11.6 Å². The van der Waals surface area contributed by atoms with Crippen LogP contribution in [0.25, 0.3) is 10.9 Å². The number of nitrogens with one attached hydrogen (secondary N) is 1. The van der Waals surface area contributed by atoms with E-state index in [1.165, 1.54) is 12.0 Å². The maximum Gasteiger partial charge on any atom is 0.328 e. The van der Waals surface area contributed by atoms with E-state index in [-0.39, 0.29) is 30.4 Å². The van der Waals surface area contributed by atoms with E-state index in [2.05, 4.69) is 9.88 Å². The van der Waals surface area contributed by atoms with Crippen molar-refractivity contribution in [2.24, 2.45) is 0 Å². The zero-order valence-corrected chi connectivity index (χ0v) is 22.1. The van der Waals surface area contributed by atoms with Gasteiger partial charge in [0.2, 0.25) is 0 Å². The molecule has 3 amide bonds. The first kappa shape index (κ1) is 26.0. The zero-order chi connectivity index (χ0) is 27.2. The molecule has 9 nitrogen and oxygen atoms in total. The lowest BCUT2D eigenvalue weighted by Crippen LogP contribution is -2.53. The first-order valence-corrected chi connectivity index (χ1v) is 12.8. The molecular weight excluding hydrogens is 491 g/mol. The molecule has 2 atom stereocenters. The Morgan fingerprint density at radius 2 is 2.00 bits per heavy atom.